The van der Waals surface area contributed by atoms with Crippen molar-refractivity contribution in [3.05, 3.63) is 35.4 Å². The van der Waals surface area contributed by atoms with Crippen LogP contribution >= 0.6 is 0 Å². The first kappa shape index (κ1) is 28.3. The van der Waals surface area contributed by atoms with Crippen molar-refractivity contribution in [3.8, 4) is 0 Å². The highest BCUT2D eigenvalue weighted by atomic mass is 32.2. The van der Waals surface area contributed by atoms with Gasteiger partial charge in [0, 0.05) is 11.1 Å². The monoisotopic (exact) mass is 466 g/mol. The minimum atomic E-state index is -5.48. The van der Waals surface area contributed by atoms with Gasteiger partial charge in [-0.3, -0.25) is 9.59 Å². The van der Waals surface area contributed by atoms with E-state index in [1.807, 2.05) is 0 Å². The van der Waals surface area contributed by atoms with E-state index in [-0.39, 0.29) is 11.1 Å². The summed E-state index contributed by atoms with van der Waals surface area (Å²) in [4.78, 5) is 23.9. The zero-order valence-corrected chi connectivity index (χ0v) is 20.1. The molecule has 10 nitrogen and oxygen atoms in total. The molecule has 1 aromatic rings. The summed E-state index contributed by atoms with van der Waals surface area (Å²) in [5.41, 5.74) is -0.774. The van der Waals surface area contributed by atoms with Gasteiger partial charge in [0.1, 0.15) is 30.7 Å². The maximum atomic E-state index is 11.9. The standard InChI is InChI=1S/C10H8O8S2.2C4H12N/c11-7-5-3-1-2-4-6(5)8(12)10(20(16,17)18)9(7)19(13,14)15;2*1-5(2,3)4/h1-4,9-10H,(H,13,14,15)(H,16,17,18);2*1-4H3/q;2*+1/p-2. The second kappa shape index (κ2) is 9.62. The first-order valence-corrected chi connectivity index (χ1v) is 11.6. The number of rotatable bonds is 2. The maximum Gasteiger partial charge on any atom is 0.182 e. The van der Waals surface area contributed by atoms with Crippen molar-refractivity contribution in [2.45, 2.75) is 10.5 Å². The minimum Gasteiger partial charge on any atom is -0.747 e. The van der Waals surface area contributed by atoms with E-state index in [0.29, 0.717) is 0 Å². The summed E-state index contributed by atoms with van der Waals surface area (Å²) in [5, 5.41) is -5.49. The molecule has 0 aliphatic heterocycles. The lowest BCUT2D eigenvalue weighted by Crippen LogP contribution is -2.53. The number of ketones is 2. The van der Waals surface area contributed by atoms with E-state index in [1.165, 1.54) is 12.1 Å². The van der Waals surface area contributed by atoms with Crippen LogP contribution in [0.3, 0.4) is 0 Å². The molecule has 1 aromatic carbocycles. The second-order valence-electron chi connectivity index (χ2n) is 9.47. The van der Waals surface area contributed by atoms with Crippen molar-refractivity contribution < 1.29 is 44.5 Å². The molecule has 1 aliphatic rings. The Morgan fingerprint density at radius 3 is 1.00 bits per heavy atom. The number of benzene rings is 1. The minimum absolute atomic E-state index is 0.387. The molecule has 0 aromatic heterocycles. The van der Waals surface area contributed by atoms with Gasteiger partial charge in [-0.2, -0.15) is 0 Å². The Morgan fingerprint density at radius 2 is 0.833 bits per heavy atom. The molecule has 2 rings (SSSR count). The number of Topliss-reactive ketones (excluding diaryl/α,β-unsaturated/α-hetero) is 2. The molecule has 2 atom stereocenters. The van der Waals surface area contributed by atoms with Gasteiger partial charge in [-0.25, -0.2) is 16.8 Å². The van der Waals surface area contributed by atoms with Crippen LogP contribution in [0.25, 0.3) is 0 Å². The van der Waals surface area contributed by atoms with Crippen LogP contribution in [0.15, 0.2) is 24.3 Å². The molecule has 12 heteroatoms. The third-order valence-electron chi connectivity index (χ3n) is 2.87. The van der Waals surface area contributed by atoms with Crippen molar-refractivity contribution >= 4 is 31.8 Å². The summed E-state index contributed by atoms with van der Waals surface area (Å²) in [5.74, 6) is -2.72. The molecular formula is C18H30N2O8S2. The summed E-state index contributed by atoms with van der Waals surface area (Å²) in [6, 6.07) is 4.79. The van der Waals surface area contributed by atoms with Gasteiger partial charge in [-0.15, -0.1) is 0 Å². The van der Waals surface area contributed by atoms with Crippen LogP contribution in [0.1, 0.15) is 20.7 Å². The van der Waals surface area contributed by atoms with E-state index in [1.54, 1.807) is 0 Å². The summed E-state index contributed by atoms with van der Waals surface area (Å²) < 4.78 is 68.5. The fraction of sp³-hybridized carbons (Fsp3) is 0.556. The van der Waals surface area contributed by atoms with E-state index in [0.717, 1.165) is 21.1 Å². The molecule has 0 saturated carbocycles. The zero-order valence-electron chi connectivity index (χ0n) is 18.4. The highest BCUT2D eigenvalue weighted by molar-refractivity contribution is 7.91. The van der Waals surface area contributed by atoms with Crippen LogP contribution < -0.4 is 0 Å². The lowest BCUT2D eigenvalue weighted by atomic mass is 9.89. The van der Waals surface area contributed by atoms with Crippen molar-refractivity contribution in [2.75, 3.05) is 56.4 Å². The Hall–Kier alpha value is -1.70. The number of carbonyl (C=O) groups excluding carboxylic acids is 2. The first-order valence-electron chi connectivity index (χ1n) is 8.70. The van der Waals surface area contributed by atoms with Gasteiger partial charge in [0.15, 0.2) is 11.6 Å². The largest absolute Gasteiger partial charge is 0.747 e. The molecule has 0 heterocycles. The SMILES string of the molecule is C[N+](C)(C)C.C[N+](C)(C)C.O=C1c2ccccc2C(=O)C(S(=O)(=O)[O-])C1S(=O)(=O)[O-]. The van der Waals surface area contributed by atoms with Crippen molar-refractivity contribution in [2.24, 2.45) is 0 Å². The predicted molar refractivity (Wildman–Crippen MR) is 110 cm³/mol. The van der Waals surface area contributed by atoms with Crippen LogP contribution in [-0.4, -0.2) is 113 Å². The predicted octanol–water partition coefficient (Wildman–Crippen LogP) is -0.462. The van der Waals surface area contributed by atoms with Gasteiger partial charge in [-0.05, 0) is 0 Å². The van der Waals surface area contributed by atoms with Gasteiger partial charge in [0.25, 0.3) is 0 Å². The van der Waals surface area contributed by atoms with Crippen molar-refractivity contribution in [1.82, 2.24) is 0 Å². The molecule has 30 heavy (non-hydrogen) atoms. The Morgan fingerprint density at radius 1 is 0.633 bits per heavy atom. The first-order chi connectivity index (χ1) is 13.0. The lowest BCUT2D eigenvalue weighted by molar-refractivity contribution is -0.849. The number of fused-ring (bicyclic) bond motifs is 1. The highest BCUT2D eigenvalue weighted by Crippen LogP contribution is 2.29. The molecule has 172 valence electrons. The van der Waals surface area contributed by atoms with Gasteiger partial charge in [-0.1, -0.05) is 24.3 Å². The number of nitrogens with zero attached hydrogens (tertiary/aromatic N) is 2. The summed E-state index contributed by atoms with van der Waals surface area (Å²) in [7, 11) is 6.03. The van der Waals surface area contributed by atoms with Crippen LogP contribution in [0.4, 0.5) is 0 Å². The molecule has 0 spiro atoms. The van der Waals surface area contributed by atoms with Gasteiger partial charge in [0.05, 0.1) is 56.4 Å². The molecule has 2 unspecified atom stereocenters. The smallest absolute Gasteiger partial charge is 0.182 e. The van der Waals surface area contributed by atoms with Crippen LogP contribution in [-0.2, 0) is 20.2 Å². The lowest BCUT2D eigenvalue weighted by Gasteiger charge is -2.33. The Balaban J connectivity index is 0.000000702. The zero-order chi connectivity index (χ0) is 24.3. The normalized spacial score (nSPS) is 19.7. The quantitative estimate of drug-likeness (QED) is 0.420. The van der Waals surface area contributed by atoms with Gasteiger partial charge < -0.3 is 18.1 Å². The summed E-state index contributed by atoms with van der Waals surface area (Å²) >= 11 is 0. The number of carbonyl (C=O) groups is 2. The fourth-order valence-corrected chi connectivity index (χ4v) is 4.51. The Bertz CT molecular complexity index is 895. The topological polar surface area (TPSA) is 149 Å². The van der Waals surface area contributed by atoms with Gasteiger partial charge in [0.2, 0.25) is 0 Å². The molecule has 0 fully saturated rings. The van der Waals surface area contributed by atoms with E-state index >= 15 is 0 Å². The maximum absolute atomic E-state index is 11.9. The van der Waals surface area contributed by atoms with E-state index in [9.17, 15) is 35.5 Å². The highest BCUT2D eigenvalue weighted by Gasteiger charge is 2.48. The molecule has 0 amide bonds. The van der Waals surface area contributed by atoms with Crippen LogP contribution in [0, 0.1) is 0 Å². The number of hydrogen-bond acceptors (Lipinski definition) is 8. The molecular weight excluding hydrogens is 436 g/mol. The number of hydrogen-bond donors (Lipinski definition) is 0. The third kappa shape index (κ3) is 9.87. The molecule has 0 radical (unpaired) electrons. The molecule has 0 N–H and O–H groups in total. The fourth-order valence-electron chi connectivity index (χ4n) is 2.06. The van der Waals surface area contributed by atoms with Crippen molar-refractivity contribution in [1.29, 1.82) is 0 Å². The van der Waals surface area contributed by atoms with Gasteiger partial charge >= 0.3 is 0 Å². The third-order valence-corrected chi connectivity index (χ3v) is 5.26. The summed E-state index contributed by atoms with van der Waals surface area (Å²) in [6.45, 7) is 0. The van der Waals surface area contributed by atoms with Crippen LogP contribution in [0.5, 0.6) is 0 Å². The van der Waals surface area contributed by atoms with E-state index in [4.69, 9.17) is 0 Å². The van der Waals surface area contributed by atoms with Crippen LogP contribution in [0.2, 0.25) is 0 Å². The van der Waals surface area contributed by atoms with E-state index in [2.05, 4.69) is 56.4 Å². The second-order valence-corrected chi connectivity index (χ2v) is 12.5. The number of quaternary nitrogens is 2. The Labute approximate surface area is 178 Å². The molecule has 1 aliphatic carbocycles. The molecule has 0 bridgehead atoms. The van der Waals surface area contributed by atoms with E-state index < -0.39 is 42.3 Å². The Kier molecular flexibility index (Phi) is 9.08. The molecule has 0 saturated heterocycles. The van der Waals surface area contributed by atoms with Crippen molar-refractivity contribution in [3.63, 3.8) is 0 Å². The summed E-state index contributed by atoms with van der Waals surface area (Å²) in [6.07, 6.45) is 0. The average Bonchev–Trinajstić information content (AvgIpc) is 2.45. The average molecular weight is 467 g/mol.